The third kappa shape index (κ3) is 5.11. The fourth-order valence-electron chi connectivity index (χ4n) is 2.33. The van der Waals surface area contributed by atoms with Gasteiger partial charge in [0.05, 0.1) is 23.2 Å². The van der Waals surface area contributed by atoms with Crippen LogP contribution < -0.4 is 10.6 Å². The van der Waals surface area contributed by atoms with Gasteiger partial charge < -0.3 is 15.1 Å². The summed E-state index contributed by atoms with van der Waals surface area (Å²) in [6.45, 7) is -0.0229. The van der Waals surface area contributed by atoms with Gasteiger partial charge in [-0.3, -0.25) is 14.4 Å². The number of alkyl halides is 3. The van der Waals surface area contributed by atoms with Crippen LogP contribution in [-0.4, -0.2) is 17.6 Å². The summed E-state index contributed by atoms with van der Waals surface area (Å²) in [6.07, 6.45) is -3.18. The van der Waals surface area contributed by atoms with Crippen molar-refractivity contribution in [3.63, 3.8) is 0 Å². The van der Waals surface area contributed by atoms with E-state index in [4.69, 9.17) is 4.42 Å². The largest absolute Gasteiger partial charge is 0.461 e. The van der Waals surface area contributed by atoms with Gasteiger partial charge in [-0.05, 0) is 42.5 Å². The van der Waals surface area contributed by atoms with Crippen LogP contribution in [0.5, 0.6) is 0 Å². The van der Waals surface area contributed by atoms with Crippen LogP contribution in [0.2, 0.25) is 0 Å². The lowest BCUT2D eigenvalue weighted by molar-refractivity contribution is -0.137. The molecule has 0 aliphatic heterocycles. The van der Waals surface area contributed by atoms with Crippen molar-refractivity contribution in [2.75, 3.05) is 5.32 Å². The topological polar surface area (TPSA) is 88.4 Å². The number of halogens is 3. The van der Waals surface area contributed by atoms with Crippen LogP contribution in [0.3, 0.4) is 0 Å². The first-order chi connectivity index (χ1) is 13.7. The lowest BCUT2D eigenvalue weighted by Gasteiger charge is -2.09. The first-order valence-corrected chi connectivity index (χ1v) is 8.99. The predicted molar refractivity (Wildman–Crippen MR) is 98.4 cm³/mol. The molecule has 0 saturated carbocycles. The van der Waals surface area contributed by atoms with E-state index in [1.165, 1.54) is 18.4 Å². The van der Waals surface area contributed by atoms with Crippen LogP contribution in [0.1, 0.15) is 25.9 Å². The Balaban J connectivity index is 1.56. The molecule has 150 valence electrons. The van der Waals surface area contributed by atoms with E-state index in [1.54, 1.807) is 18.2 Å². The number of hydrogen-bond donors (Lipinski definition) is 2. The van der Waals surface area contributed by atoms with Crippen molar-refractivity contribution in [2.24, 2.45) is 0 Å². The SMILES string of the molecule is O=C(NCc1ccc(C(=O)c2ccco2)s1)C(=O)Nc1cccc(C(F)(F)F)c1. The fraction of sp³-hybridized carbons (Fsp3) is 0.105. The van der Waals surface area contributed by atoms with E-state index in [-0.39, 0.29) is 23.8 Å². The summed E-state index contributed by atoms with van der Waals surface area (Å²) in [7, 11) is 0. The predicted octanol–water partition coefficient (Wildman–Crippen LogP) is 3.85. The van der Waals surface area contributed by atoms with Crippen LogP contribution in [0.15, 0.2) is 59.2 Å². The van der Waals surface area contributed by atoms with E-state index < -0.39 is 23.6 Å². The third-order valence-corrected chi connectivity index (χ3v) is 4.79. The van der Waals surface area contributed by atoms with Gasteiger partial charge in [-0.25, -0.2) is 0 Å². The number of carbonyl (C=O) groups is 3. The van der Waals surface area contributed by atoms with Crippen LogP contribution in [0, 0.1) is 0 Å². The molecule has 0 aliphatic carbocycles. The Morgan fingerprint density at radius 3 is 2.48 bits per heavy atom. The molecular formula is C19H13F3N2O4S. The highest BCUT2D eigenvalue weighted by molar-refractivity contribution is 7.14. The number of anilines is 1. The molecule has 0 saturated heterocycles. The number of ketones is 1. The molecule has 0 unspecified atom stereocenters. The van der Waals surface area contributed by atoms with Gasteiger partial charge in [-0.2, -0.15) is 13.2 Å². The van der Waals surface area contributed by atoms with Crippen LogP contribution in [0.4, 0.5) is 18.9 Å². The molecule has 0 fully saturated rings. The van der Waals surface area contributed by atoms with E-state index >= 15 is 0 Å². The summed E-state index contributed by atoms with van der Waals surface area (Å²) in [6, 6.07) is 10.3. The average molecular weight is 422 g/mol. The lowest BCUT2D eigenvalue weighted by atomic mass is 10.2. The summed E-state index contributed by atoms with van der Waals surface area (Å²) in [5.41, 5.74) is -1.09. The Morgan fingerprint density at radius 1 is 1.00 bits per heavy atom. The molecule has 6 nitrogen and oxygen atoms in total. The van der Waals surface area contributed by atoms with Crippen molar-refractivity contribution in [1.29, 1.82) is 0 Å². The molecule has 0 bridgehead atoms. The number of nitrogens with one attached hydrogen (secondary N) is 2. The lowest BCUT2D eigenvalue weighted by Crippen LogP contribution is -2.34. The normalized spacial score (nSPS) is 11.1. The Labute approximate surface area is 166 Å². The number of amides is 2. The number of rotatable bonds is 5. The molecule has 2 N–H and O–H groups in total. The second-order valence-electron chi connectivity index (χ2n) is 5.79. The van der Waals surface area contributed by atoms with Gasteiger partial charge in [0.15, 0.2) is 5.76 Å². The van der Waals surface area contributed by atoms with Crippen molar-refractivity contribution in [3.05, 3.63) is 75.9 Å². The van der Waals surface area contributed by atoms with Crippen molar-refractivity contribution >= 4 is 34.6 Å². The second kappa shape index (κ2) is 8.31. The molecular weight excluding hydrogens is 409 g/mol. The smallest absolute Gasteiger partial charge is 0.416 e. The Kier molecular flexibility index (Phi) is 5.83. The summed E-state index contributed by atoms with van der Waals surface area (Å²) < 4.78 is 43.1. The molecule has 3 rings (SSSR count). The van der Waals surface area contributed by atoms with Gasteiger partial charge >= 0.3 is 18.0 Å². The minimum Gasteiger partial charge on any atom is -0.461 e. The monoisotopic (exact) mass is 422 g/mol. The van der Waals surface area contributed by atoms with Crippen molar-refractivity contribution in [2.45, 2.75) is 12.7 Å². The molecule has 2 aromatic heterocycles. The Bertz CT molecular complexity index is 1040. The van der Waals surface area contributed by atoms with Crippen molar-refractivity contribution in [3.8, 4) is 0 Å². The fourth-order valence-corrected chi connectivity index (χ4v) is 3.23. The molecule has 10 heteroatoms. The first kappa shape index (κ1) is 20.3. The van der Waals surface area contributed by atoms with E-state index in [0.717, 1.165) is 29.5 Å². The average Bonchev–Trinajstić information content (AvgIpc) is 3.37. The van der Waals surface area contributed by atoms with E-state index in [1.807, 2.05) is 0 Å². The molecule has 2 amide bonds. The number of hydrogen-bond acceptors (Lipinski definition) is 5. The molecule has 2 heterocycles. The molecule has 1 aromatic carbocycles. The molecule has 0 atom stereocenters. The van der Waals surface area contributed by atoms with Gasteiger partial charge in [0, 0.05) is 10.6 Å². The van der Waals surface area contributed by atoms with Crippen LogP contribution in [0.25, 0.3) is 0 Å². The first-order valence-electron chi connectivity index (χ1n) is 8.17. The zero-order chi connectivity index (χ0) is 21.0. The summed E-state index contributed by atoms with van der Waals surface area (Å²) in [5, 5.41) is 4.47. The van der Waals surface area contributed by atoms with Crippen LogP contribution >= 0.6 is 11.3 Å². The van der Waals surface area contributed by atoms with Crippen LogP contribution in [-0.2, 0) is 22.3 Å². The van der Waals surface area contributed by atoms with E-state index in [9.17, 15) is 27.6 Å². The third-order valence-electron chi connectivity index (χ3n) is 3.71. The molecule has 0 radical (unpaired) electrons. The highest BCUT2D eigenvalue weighted by Gasteiger charge is 2.30. The molecule has 0 aliphatic rings. The maximum atomic E-state index is 12.7. The maximum absolute atomic E-state index is 12.7. The molecule has 29 heavy (non-hydrogen) atoms. The van der Waals surface area contributed by atoms with Gasteiger partial charge in [0.1, 0.15) is 0 Å². The quantitative estimate of drug-likeness (QED) is 0.483. The number of carbonyl (C=O) groups excluding carboxylic acids is 3. The van der Waals surface area contributed by atoms with Gasteiger partial charge in [0.2, 0.25) is 5.78 Å². The zero-order valence-electron chi connectivity index (χ0n) is 14.6. The molecule has 0 spiro atoms. The summed E-state index contributed by atoms with van der Waals surface area (Å²) in [4.78, 5) is 37.0. The Hall–Kier alpha value is -3.40. The number of thiophene rings is 1. The van der Waals surface area contributed by atoms with Crippen molar-refractivity contribution < 1.29 is 32.0 Å². The van der Waals surface area contributed by atoms with E-state index in [2.05, 4.69) is 10.6 Å². The van der Waals surface area contributed by atoms with Gasteiger partial charge in [-0.1, -0.05) is 6.07 Å². The minimum absolute atomic E-state index is 0.0229. The standard InChI is InChI=1S/C19H13F3N2O4S/c20-19(21,22)11-3-1-4-12(9-11)24-18(27)17(26)23-10-13-6-7-15(29-13)16(25)14-5-2-8-28-14/h1-9H,10H2,(H,23,26)(H,24,27). The Morgan fingerprint density at radius 2 is 1.79 bits per heavy atom. The van der Waals surface area contributed by atoms with Crippen molar-refractivity contribution in [1.82, 2.24) is 5.32 Å². The van der Waals surface area contributed by atoms with E-state index in [0.29, 0.717) is 9.75 Å². The summed E-state index contributed by atoms with van der Waals surface area (Å²) >= 11 is 1.12. The highest BCUT2D eigenvalue weighted by Crippen LogP contribution is 2.30. The number of benzene rings is 1. The summed E-state index contributed by atoms with van der Waals surface area (Å²) in [5.74, 6) is -2.25. The minimum atomic E-state index is -4.56. The molecule has 3 aromatic rings. The second-order valence-corrected chi connectivity index (χ2v) is 6.96. The highest BCUT2D eigenvalue weighted by atomic mass is 32.1. The maximum Gasteiger partial charge on any atom is 0.416 e. The zero-order valence-corrected chi connectivity index (χ0v) is 15.4. The van der Waals surface area contributed by atoms with Gasteiger partial charge in [0.25, 0.3) is 0 Å². The number of furan rings is 1. The van der Waals surface area contributed by atoms with Gasteiger partial charge in [-0.15, -0.1) is 11.3 Å².